The zero-order valence-corrected chi connectivity index (χ0v) is 23.3. The first-order valence-electron chi connectivity index (χ1n) is 12.2. The molecule has 10 heteroatoms. The molecule has 0 saturated heterocycles. The Morgan fingerprint density at radius 3 is 2.36 bits per heavy atom. The summed E-state index contributed by atoms with van der Waals surface area (Å²) in [6.07, 6.45) is 0.523. The summed E-state index contributed by atoms with van der Waals surface area (Å²) in [7, 11) is 3.12. The van der Waals surface area contributed by atoms with Crippen molar-refractivity contribution in [1.29, 1.82) is 0 Å². The van der Waals surface area contributed by atoms with Gasteiger partial charge < -0.3 is 20.1 Å². The number of anilines is 2. The van der Waals surface area contributed by atoms with Gasteiger partial charge in [0.05, 0.1) is 12.8 Å². The van der Waals surface area contributed by atoms with Gasteiger partial charge in [-0.3, -0.25) is 19.3 Å². The molecular weight excluding hydrogens is 538 g/mol. The summed E-state index contributed by atoms with van der Waals surface area (Å²) in [4.78, 5) is 41.5. The molecule has 39 heavy (non-hydrogen) atoms. The standard InChI is InChI=1S/C29H28ClN3O5S/c1-18-5-14-24(38-3)23(17-18)32-25-26(29(36)33(28(25)35)15-4-16-37-2)39-22-12-10-21(11-13-22)31-27(34)19-6-8-20(30)9-7-19/h5-14,17,32H,4,15-16H2,1-3H3,(H,31,34). The molecule has 8 nitrogen and oxygen atoms in total. The highest BCUT2D eigenvalue weighted by atomic mass is 35.5. The topological polar surface area (TPSA) is 97.0 Å². The summed E-state index contributed by atoms with van der Waals surface area (Å²) in [6.45, 7) is 2.60. The fraction of sp³-hybridized carbons (Fsp3) is 0.207. The second-order valence-corrected chi connectivity index (χ2v) is 10.2. The Morgan fingerprint density at radius 1 is 0.974 bits per heavy atom. The lowest BCUT2D eigenvalue weighted by atomic mass is 10.2. The largest absolute Gasteiger partial charge is 0.495 e. The third kappa shape index (κ3) is 6.81. The predicted octanol–water partition coefficient (Wildman–Crippen LogP) is 5.73. The van der Waals surface area contributed by atoms with E-state index in [0.717, 1.165) is 10.5 Å². The van der Waals surface area contributed by atoms with Crippen molar-refractivity contribution in [2.24, 2.45) is 0 Å². The average molecular weight is 566 g/mol. The van der Waals surface area contributed by atoms with Crippen molar-refractivity contribution in [3.05, 3.63) is 93.5 Å². The second kappa shape index (κ2) is 12.8. The van der Waals surface area contributed by atoms with E-state index in [-0.39, 0.29) is 29.0 Å². The lowest BCUT2D eigenvalue weighted by Gasteiger charge is -2.15. The molecule has 0 radical (unpaired) electrons. The fourth-order valence-electron chi connectivity index (χ4n) is 3.91. The van der Waals surface area contributed by atoms with Crippen molar-refractivity contribution in [3.8, 4) is 5.75 Å². The van der Waals surface area contributed by atoms with Gasteiger partial charge in [-0.1, -0.05) is 29.4 Å². The van der Waals surface area contributed by atoms with Gasteiger partial charge in [0.2, 0.25) is 0 Å². The van der Waals surface area contributed by atoms with Gasteiger partial charge in [0.15, 0.2) is 0 Å². The van der Waals surface area contributed by atoms with E-state index in [1.807, 2.05) is 19.1 Å². The van der Waals surface area contributed by atoms with E-state index in [1.165, 1.54) is 16.7 Å². The van der Waals surface area contributed by atoms with Gasteiger partial charge in [0.1, 0.15) is 16.4 Å². The quantitative estimate of drug-likeness (QED) is 0.226. The number of carbonyl (C=O) groups is 3. The Kier molecular flexibility index (Phi) is 9.29. The highest BCUT2D eigenvalue weighted by Crippen LogP contribution is 2.38. The van der Waals surface area contributed by atoms with E-state index in [9.17, 15) is 14.4 Å². The first kappa shape index (κ1) is 28.2. The molecule has 2 N–H and O–H groups in total. The van der Waals surface area contributed by atoms with Crippen LogP contribution in [0.4, 0.5) is 11.4 Å². The number of halogens is 1. The number of hydrogen-bond donors (Lipinski definition) is 2. The maximum atomic E-state index is 13.4. The molecule has 0 bridgehead atoms. The van der Waals surface area contributed by atoms with Crippen LogP contribution in [0.15, 0.2) is 82.2 Å². The third-order valence-corrected chi connectivity index (χ3v) is 7.25. The number of rotatable bonds is 11. The van der Waals surface area contributed by atoms with Crippen molar-refractivity contribution in [1.82, 2.24) is 4.90 Å². The highest BCUT2D eigenvalue weighted by molar-refractivity contribution is 8.04. The molecule has 0 aliphatic carbocycles. The monoisotopic (exact) mass is 565 g/mol. The van der Waals surface area contributed by atoms with Crippen molar-refractivity contribution in [2.75, 3.05) is 38.0 Å². The number of hydrogen-bond acceptors (Lipinski definition) is 7. The minimum absolute atomic E-state index is 0.187. The number of imide groups is 1. The summed E-state index contributed by atoms with van der Waals surface area (Å²) in [6, 6.07) is 19.2. The average Bonchev–Trinajstić information content (AvgIpc) is 3.14. The van der Waals surface area contributed by atoms with Crippen LogP contribution in [0.3, 0.4) is 0 Å². The maximum absolute atomic E-state index is 13.4. The number of methoxy groups -OCH3 is 2. The van der Waals surface area contributed by atoms with Crippen LogP contribution in [-0.2, 0) is 14.3 Å². The Bertz CT molecular complexity index is 1410. The van der Waals surface area contributed by atoms with Gasteiger partial charge in [-0.25, -0.2) is 0 Å². The molecule has 1 heterocycles. The number of carbonyl (C=O) groups excluding carboxylic acids is 3. The summed E-state index contributed by atoms with van der Waals surface area (Å²) in [5.41, 5.74) is 2.82. The normalized spacial score (nSPS) is 13.2. The molecule has 202 valence electrons. The summed E-state index contributed by atoms with van der Waals surface area (Å²) < 4.78 is 10.6. The molecule has 0 unspecified atom stereocenters. The Balaban J connectivity index is 1.57. The molecule has 0 aromatic heterocycles. The fourth-order valence-corrected chi connectivity index (χ4v) is 4.98. The number of ether oxygens (including phenoxy) is 2. The smallest absolute Gasteiger partial charge is 0.278 e. The van der Waals surface area contributed by atoms with Gasteiger partial charge in [0, 0.05) is 41.4 Å². The zero-order valence-electron chi connectivity index (χ0n) is 21.7. The number of thioether (sulfide) groups is 1. The SMILES string of the molecule is COCCCN1C(=O)C(Nc2cc(C)ccc2OC)=C(Sc2ccc(NC(=O)c3ccc(Cl)cc3)cc2)C1=O. The molecule has 4 rings (SSSR count). The number of nitrogens with zero attached hydrogens (tertiary/aromatic N) is 1. The molecule has 3 amide bonds. The van der Waals surface area contributed by atoms with E-state index >= 15 is 0 Å². The molecule has 1 aliphatic heterocycles. The van der Waals surface area contributed by atoms with Gasteiger partial charge in [-0.15, -0.1) is 0 Å². The van der Waals surface area contributed by atoms with E-state index in [2.05, 4.69) is 10.6 Å². The van der Waals surface area contributed by atoms with Crippen LogP contribution < -0.4 is 15.4 Å². The molecular formula is C29H28ClN3O5S. The minimum atomic E-state index is -0.408. The van der Waals surface area contributed by atoms with E-state index in [4.69, 9.17) is 21.1 Å². The first-order chi connectivity index (χ1) is 18.8. The molecule has 0 atom stereocenters. The Labute approximate surface area is 236 Å². The van der Waals surface area contributed by atoms with Gasteiger partial charge >= 0.3 is 0 Å². The van der Waals surface area contributed by atoms with Gasteiger partial charge in [-0.05, 0) is 79.6 Å². The Morgan fingerprint density at radius 2 is 1.69 bits per heavy atom. The van der Waals surface area contributed by atoms with Crippen LogP contribution >= 0.6 is 23.4 Å². The first-order valence-corrected chi connectivity index (χ1v) is 13.4. The van der Waals surface area contributed by atoms with Crippen LogP contribution in [0, 0.1) is 6.92 Å². The van der Waals surface area contributed by atoms with E-state index in [1.54, 1.807) is 68.8 Å². The number of amides is 3. The summed E-state index contributed by atoms with van der Waals surface area (Å²) in [5, 5.41) is 6.54. The highest BCUT2D eigenvalue weighted by Gasteiger charge is 2.39. The third-order valence-electron chi connectivity index (χ3n) is 5.91. The van der Waals surface area contributed by atoms with E-state index in [0.29, 0.717) is 40.7 Å². The van der Waals surface area contributed by atoms with Gasteiger partial charge in [-0.2, -0.15) is 0 Å². The Hall–Kier alpha value is -3.79. The van der Waals surface area contributed by atoms with Crippen molar-refractivity contribution in [3.63, 3.8) is 0 Å². The molecule has 3 aromatic carbocycles. The van der Waals surface area contributed by atoms with E-state index < -0.39 is 5.91 Å². The molecule has 3 aromatic rings. The molecule has 1 aliphatic rings. The molecule has 0 spiro atoms. The minimum Gasteiger partial charge on any atom is -0.495 e. The maximum Gasteiger partial charge on any atom is 0.278 e. The van der Waals surface area contributed by atoms with Crippen LogP contribution in [0.5, 0.6) is 5.75 Å². The summed E-state index contributed by atoms with van der Waals surface area (Å²) >= 11 is 7.08. The van der Waals surface area contributed by atoms with Crippen molar-refractivity contribution in [2.45, 2.75) is 18.2 Å². The van der Waals surface area contributed by atoms with Crippen molar-refractivity contribution >= 4 is 52.5 Å². The predicted molar refractivity (Wildman–Crippen MR) is 153 cm³/mol. The van der Waals surface area contributed by atoms with Crippen LogP contribution in [-0.4, -0.2) is 50.0 Å². The molecule has 0 fully saturated rings. The van der Waals surface area contributed by atoms with Gasteiger partial charge in [0.25, 0.3) is 17.7 Å². The number of aryl methyl sites for hydroxylation is 1. The van der Waals surface area contributed by atoms with Crippen LogP contribution in [0.25, 0.3) is 0 Å². The van der Waals surface area contributed by atoms with Crippen LogP contribution in [0.1, 0.15) is 22.3 Å². The summed E-state index contributed by atoms with van der Waals surface area (Å²) in [5.74, 6) is -0.503. The number of benzene rings is 3. The van der Waals surface area contributed by atoms with Crippen LogP contribution in [0.2, 0.25) is 5.02 Å². The lowest BCUT2D eigenvalue weighted by Crippen LogP contribution is -2.33. The molecule has 0 saturated carbocycles. The second-order valence-electron chi connectivity index (χ2n) is 8.73. The lowest BCUT2D eigenvalue weighted by molar-refractivity contribution is -0.137. The zero-order chi connectivity index (χ0) is 27.9. The number of nitrogens with one attached hydrogen (secondary N) is 2. The van der Waals surface area contributed by atoms with Crippen molar-refractivity contribution < 1.29 is 23.9 Å².